The minimum atomic E-state index is -0.569. The minimum Gasteiger partial charge on any atom is -0.368 e. The average molecular weight is 330 g/mol. The Labute approximate surface area is 132 Å². The molecule has 0 bridgehead atoms. The van der Waals surface area contributed by atoms with Gasteiger partial charge in [0.25, 0.3) is 0 Å². The molecule has 2 N–H and O–H groups in total. The Morgan fingerprint density at radius 3 is 2.81 bits per heavy atom. The van der Waals surface area contributed by atoms with E-state index in [2.05, 4.69) is 28.8 Å². The van der Waals surface area contributed by atoms with E-state index in [1.807, 2.05) is 6.92 Å². The minimum absolute atomic E-state index is 0.0876. The second-order valence-corrected chi connectivity index (χ2v) is 6.74. The number of alkyl halides is 1. The van der Waals surface area contributed by atoms with Crippen LogP contribution in [0.25, 0.3) is 11.2 Å². The molecule has 2 aromatic heterocycles. The van der Waals surface area contributed by atoms with E-state index in [-0.39, 0.29) is 29.4 Å². The van der Waals surface area contributed by atoms with E-state index in [4.69, 9.17) is 33.7 Å². The van der Waals surface area contributed by atoms with Gasteiger partial charge >= 0.3 is 0 Å². The number of imidazole rings is 1. The van der Waals surface area contributed by atoms with Crippen molar-refractivity contribution in [1.82, 2.24) is 19.5 Å². The highest BCUT2D eigenvalue weighted by molar-refractivity contribution is 6.33. The van der Waals surface area contributed by atoms with Crippen molar-refractivity contribution >= 4 is 40.3 Å². The van der Waals surface area contributed by atoms with Gasteiger partial charge in [0.15, 0.2) is 17.0 Å². The summed E-state index contributed by atoms with van der Waals surface area (Å²) in [5, 5.41) is 0.227. The molecule has 4 atom stereocenters. The Bertz CT molecular complexity index is 686. The van der Waals surface area contributed by atoms with Crippen molar-refractivity contribution in [2.24, 2.45) is 5.92 Å². The number of halogens is 2. The fourth-order valence-electron chi connectivity index (χ4n) is 2.86. The van der Waals surface area contributed by atoms with Crippen LogP contribution in [0.1, 0.15) is 33.4 Å². The molecule has 1 fully saturated rings. The Kier molecular flexibility index (Phi) is 3.50. The lowest BCUT2D eigenvalue weighted by Gasteiger charge is -2.27. The van der Waals surface area contributed by atoms with Crippen molar-refractivity contribution < 1.29 is 4.74 Å². The quantitative estimate of drug-likeness (QED) is 0.676. The molecule has 6 nitrogen and oxygen atoms in total. The molecule has 0 saturated carbocycles. The molecule has 1 saturated heterocycles. The molecule has 2 aromatic rings. The number of fused-ring (bicyclic) bond motifs is 1. The zero-order valence-electron chi connectivity index (χ0n) is 12.0. The molecule has 1 aliphatic heterocycles. The first kappa shape index (κ1) is 14.8. The van der Waals surface area contributed by atoms with E-state index in [1.54, 1.807) is 10.9 Å². The van der Waals surface area contributed by atoms with Gasteiger partial charge in [0.1, 0.15) is 5.52 Å². The predicted molar refractivity (Wildman–Crippen MR) is 82.4 cm³/mol. The van der Waals surface area contributed by atoms with E-state index >= 15 is 0 Å². The van der Waals surface area contributed by atoms with Crippen molar-refractivity contribution in [1.29, 1.82) is 0 Å². The van der Waals surface area contributed by atoms with Gasteiger partial charge < -0.3 is 10.5 Å². The summed E-state index contributed by atoms with van der Waals surface area (Å²) in [6, 6.07) is 0. The largest absolute Gasteiger partial charge is 0.368 e. The molecule has 0 radical (unpaired) electrons. The Hall–Kier alpha value is -1.11. The van der Waals surface area contributed by atoms with E-state index in [1.165, 1.54) is 0 Å². The summed E-state index contributed by atoms with van der Waals surface area (Å²) in [6.45, 7) is 6.15. The summed E-state index contributed by atoms with van der Waals surface area (Å²) in [7, 11) is 0. The number of hydrogen-bond acceptors (Lipinski definition) is 5. The molecular formula is C13H17Cl2N5O. The van der Waals surface area contributed by atoms with Crippen LogP contribution in [-0.4, -0.2) is 30.5 Å². The molecule has 3 rings (SSSR count). The average Bonchev–Trinajstić information content (AvgIpc) is 2.91. The van der Waals surface area contributed by atoms with Crippen LogP contribution in [0.15, 0.2) is 6.33 Å². The van der Waals surface area contributed by atoms with Gasteiger partial charge in [-0.3, -0.25) is 4.57 Å². The van der Waals surface area contributed by atoms with Gasteiger partial charge in [-0.05, 0) is 13.3 Å². The van der Waals surface area contributed by atoms with Gasteiger partial charge in [0.2, 0.25) is 5.95 Å². The molecule has 0 unspecified atom stereocenters. The second-order valence-electron chi connectivity index (χ2n) is 5.57. The standard InChI is InChI=1S/C13H17Cl2N5O/c1-4-7-6(2)13(3,15)11(21-7)20-5-17-8-9(14)18-12(16)19-10(8)20/h5-7,11H,4H2,1-3H3,(H2,16,18,19)/t6-,7-,11-,13-/m1/s1. The highest BCUT2D eigenvalue weighted by atomic mass is 35.5. The van der Waals surface area contributed by atoms with Crippen LogP contribution in [0, 0.1) is 5.92 Å². The van der Waals surface area contributed by atoms with Gasteiger partial charge in [-0.1, -0.05) is 25.4 Å². The molecule has 114 valence electrons. The van der Waals surface area contributed by atoms with Gasteiger partial charge in [0, 0.05) is 5.92 Å². The summed E-state index contributed by atoms with van der Waals surface area (Å²) in [4.78, 5) is 11.8. The smallest absolute Gasteiger partial charge is 0.223 e. The second kappa shape index (κ2) is 4.97. The predicted octanol–water partition coefficient (Wildman–Crippen LogP) is 3.00. The lowest BCUT2D eigenvalue weighted by molar-refractivity contribution is -0.00881. The summed E-state index contributed by atoms with van der Waals surface area (Å²) < 4.78 is 7.91. The van der Waals surface area contributed by atoms with Crippen LogP contribution in [0.3, 0.4) is 0 Å². The lowest BCUT2D eigenvalue weighted by Crippen LogP contribution is -2.32. The van der Waals surface area contributed by atoms with Crippen LogP contribution in [0.5, 0.6) is 0 Å². The van der Waals surface area contributed by atoms with Crippen LogP contribution in [-0.2, 0) is 4.74 Å². The van der Waals surface area contributed by atoms with Crippen molar-refractivity contribution in [3.8, 4) is 0 Å². The zero-order chi connectivity index (χ0) is 15.4. The van der Waals surface area contributed by atoms with Crippen molar-refractivity contribution in [3.63, 3.8) is 0 Å². The zero-order valence-corrected chi connectivity index (χ0v) is 13.6. The molecule has 0 aliphatic carbocycles. The molecule has 0 spiro atoms. The molecule has 21 heavy (non-hydrogen) atoms. The van der Waals surface area contributed by atoms with Gasteiger partial charge in [-0.2, -0.15) is 9.97 Å². The molecule has 3 heterocycles. The van der Waals surface area contributed by atoms with E-state index in [0.29, 0.717) is 11.2 Å². The number of nitrogens with two attached hydrogens (primary N) is 1. The molecule has 1 aliphatic rings. The van der Waals surface area contributed by atoms with Crippen LogP contribution >= 0.6 is 23.2 Å². The maximum atomic E-state index is 6.75. The maximum absolute atomic E-state index is 6.75. The molecular weight excluding hydrogens is 313 g/mol. The fourth-order valence-corrected chi connectivity index (χ4v) is 3.38. The number of hydrogen-bond donors (Lipinski definition) is 1. The van der Waals surface area contributed by atoms with E-state index in [0.717, 1.165) is 6.42 Å². The first-order valence-corrected chi connectivity index (χ1v) is 7.61. The summed E-state index contributed by atoms with van der Waals surface area (Å²) in [5.74, 6) is 0.296. The number of nitrogen functional groups attached to an aromatic ring is 1. The first-order valence-electron chi connectivity index (χ1n) is 6.86. The number of nitrogens with zero attached hydrogens (tertiary/aromatic N) is 4. The maximum Gasteiger partial charge on any atom is 0.223 e. The van der Waals surface area contributed by atoms with Crippen LogP contribution in [0.2, 0.25) is 5.15 Å². The topological polar surface area (TPSA) is 78.8 Å². The number of ether oxygens (including phenoxy) is 1. The third-order valence-corrected chi connectivity index (χ3v) is 5.08. The van der Waals surface area contributed by atoms with E-state index in [9.17, 15) is 0 Å². The normalized spacial score (nSPS) is 32.9. The number of rotatable bonds is 2. The lowest BCUT2D eigenvalue weighted by atomic mass is 9.90. The number of anilines is 1. The Morgan fingerprint density at radius 1 is 1.48 bits per heavy atom. The Balaban J connectivity index is 2.13. The summed E-state index contributed by atoms with van der Waals surface area (Å²) in [5.41, 5.74) is 6.71. The van der Waals surface area contributed by atoms with Gasteiger partial charge in [0.05, 0.1) is 17.3 Å². The third kappa shape index (κ3) is 2.17. The highest BCUT2D eigenvalue weighted by Crippen LogP contribution is 2.48. The monoisotopic (exact) mass is 329 g/mol. The highest BCUT2D eigenvalue weighted by Gasteiger charge is 2.50. The van der Waals surface area contributed by atoms with Crippen molar-refractivity contribution in [2.75, 3.05) is 5.73 Å². The van der Waals surface area contributed by atoms with Gasteiger partial charge in [-0.25, -0.2) is 4.98 Å². The fraction of sp³-hybridized carbons (Fsp3) is 0.615. The third-order valence-electron chi connectivity index (χ3n) is 4.29. The summed E-state index contributed by atoms with van der Waals surface area (Å²) >= 11 is 12.8. The Morgan fingerprint density at radius 2 is 2.19 bits per heavy atom. The molecule has 0 aromatic carbocycles. The molecule has 0 amide bonds. The van der Waals surface area contributed by atoms with Crippen LogP contribution in [0.4, 0.5) is 5.95 Å². The van der Waals surface area contributed by atoms with E-state index < -0.39 is 4.87 Å². The first-order chi connectivity index (χ1) is 9.86. The SMILES string of the molecule is CC[C@H]1O[C@@H](n2cnc3c(Cl)nc(N)nc32)[C@](C)(Cl)[C@@H]1C. The number of aromatic nitrogens is 4. The molecule has 8 heteroatoms. The van der Waals surface area contributed by atoms with Gasteiger partial charge in [-0.15, -0.1) is 11.6 Å². The van der Waals surface area contributed by atoms with Crippen molar-refractivity contribution in [3.05, 3.63) is 11.5 Å². The van der Waals surface area contributed by atoms with Crippen molar-refractivity contribution in [2.45, 2.75) is 44.4 Å². The van der Waals surface area contributed by atoms with Crippen LogP contribution < -0.4 is 5.73 Å². The summed E-state index contributed by atoms with van der Waals surface area (Å²) in [6.07, 6.45) is 2.23.